The fourth-order valence-corrected chi connectivity index (χ4v) is 3.05. The summed E-state index contributed by atoms with van der Waals surface area (Å²) < 4.78 is 0. The molecule has 0 aliphatic carbocycles. The highest BCUT2D eigenvalue weighted by Gasteiger charge is 2.38. The van der Waals surface area contributed by atoms with Crippen molar-refractivity contribution in [1.82, 2.24) is 9.80 Å². The van der Waals surface area contributed by atoms with E-state index in [0.29, 0.717) is 24.2 Å². The smallest absolute Gasteiger partial charge is 0.260 e. The van der Waals surface area contributed by atoms with Gasteiger partial charge in [0.25, 0.3) is 11.8 Å². The first kappa shape index (κ1) is 18.7. The zero-order chi connectivity index (χ0) is 17.4. The van der Waals surface area contributed by atoms with Crippen LogP contribution < -0.4 is 0 Å². The number of unbranched alkanes of at least 4 members (excludes halogenated alkanes) is 6. The van der Waals surface area contributed by atoms with E-state index in [1.165, 1.54) is 0 Å². The monoisotopic (exact) mass is 336 g/mol. The van der Waals surface area contributed by atoms with Crippen LogP contribution in [0.1, 0.15) is 51.4 Å². The van der Waals surface area contributed by atoms with Gasteiger partial charge in [-0.1, -0.05) is 25.7 Å². The van der Waals surface area contributed by atoms with Gasteiger partial charge in [0.05, 0.1) is 11.1 Å². The van der Waals surface area contributed by atoms with Gasteiger partial charge in [-0.2, -0.15) is 0 Å². The molecular weight excluding hydrogens is 308 g/mol. The maximum Gasteiger partial charge on any atom is 0.260 e. The van der Waals surface area contributed by atoms with E-state index in [-0.39, 0.29) is 25.0 Å². The van der Waals surface area contributed by atoms with E-state index in [4.69, 9.17) is 10.2 Å². The number of aliphatic hydroxyl groups is 2. The molecule has 2 heterocycles. The molecule has 2 rings (SSSR count). The van der Waals surface area contributed by atoms with E-state index >= 15 is 0 Å². The molecule has 6 heteroatoms. The second-order valence-corrected chi connectivity index (χ2v) is 6.36. The third-order valence-electron chi connectivity index (χ3n) is 4.46. The van der Waals surface area contributed by atoms with Crippen molar-refractivity contribution in [3.63, 3.8) is 0 Å². The molecule has 2 amide bonds. The van der Waals surface area contributed by atoms with Gasteiger partial charge in [-0.15, -0.1) is 0 Å². The Morgan fingerprint density at radius 3 is 1.38 bits per heavy atom. The van der Waals surface area contributed by atoms with Crippen molar-refractivity contribution in [2.75, 3.05) is 26.3 Å². The fraction of sp³-hybridized carbons (Fsp3) is 0.667. The SMILES string of the molecule is O=C1C2=CN(CCCCCCO)C(=O)C2=CN1CCCCCCO. The molecule has 0 aromatic heterocycles. The van der Waals surface area contributed by atoms with Crippen LogP contribution in [-0.4, -0.2) is 58.1 Å². The Morgan fingerprint density at radius 2 is 1.00 bits per heavy atom. The number of hydrogen-bond donors (Lipinski definition) is 2. The van der Waals surface area contributed by atoms with Crippen LogP contribution in [0.3, 0.4) is 0 Å². The van der Waals surface area contributed by atoms with Gasteiger partial charge in [-0.25, -0.2) is 0 Å². The van der Waals surface area contributed by atoms with Crippen molar-refractivity contribution >= 4 is 11.8 Å². The molecule has 134 valence electrons. The van der Waals surface area contributed by atoms with Gasteiger partial charge in [0.2, 0.25) is 0 Å². The maximum absolute atomic E-state index is 12.4. The number of amides is 2. The Bertz CT molecular complexity index is 467. The van der Waals surface area contributed by atoms with E-state index in [2.05, 4.69) is 0 Å². The number of nitrogens with zero attached hydrogens (tertiary/aromatic N) is 2. The highest BCUT2D eigenvalue weighted by molar-refractivity contribution is 6.17. The van der Waals surface area contributed by atoms with Crippen molar-refractivity contribution < 1.29 is 19.8 Å². The molecule has 24 heavy (non-hydrogen) atoms. The molecule has 0 saturated carbocycles. The summed E-state index contributed by atoms with van der Waals surface area (Å²) in [5.74, 6) is -0.161. The predicted octanol–water partition coefficient (Wildman–Crippen LogP) is 1.54. The summed E-state index contributed by atoms with van der Waals surface area (Å²) in [5.41, 5.74) is 1.04. The van der Waals surface area contributed by atoms with E-state index in [0.717, 1.165) is 51.4 Å². The molecule has 0 radical (unpaired) electrons. The molecule has 2 N–H and O–H groups in total. The first-order valence-electron chi connectivity index (χ1n) is 8.96. The fourth-order valence-electron chi connectivity index (χ4n) is 3.05. The summed E-state index contributed by atoms with van der Waals surface area (Å²) in [4.78, 5) is 28.0. The van der Waals surface area contributed by atoms with Gasteiger partial charge in [-0.3, -0.25) is 9.59 Å². The lowest BCUT2D eigenvalue weighted by Crippen LogP contribution is -2.25. The lowest BCUT2D eigenvalue weighted by atomic mass is 10.1. The summed E-state index contributed by atoms with van der Waals surface area (Å²) in [6, 6.07) is 0. The Kier molecular flexibility index (Phi) is 7.46. The van der Waals surface area contributed by atoms with Gasteiger partial charge in [0.15, 0.2) is 0 Å². The molecule has 0 spiro atoms. The summed E-state index contributed by atoms with van der Waals surface area (Å²) in [7, 11) is 0. The van der Waals surface area contributed by atoms with E-state index in [9.17, 15) is 9.59 Å². The number of hydrogen-bond acceptors (Lipinski definition) is 4. The molecular formula is C18H28N2O4. The van der Waals surface area contributed by atoms with Crippen LogP contribution in [0.15, 0.2) is 23.5 Å². The molecule has 0 saturated heterocycles. The Labute approximate surface area is 143 Å². The minimum absolute atomic E-state index is 0.0803. The lowest BCUT2D eigenvalue weighted by molar-refractivity contribution is -0.124. The summed E-state index contributed by atoms with van der Waals surface area (Å²) >= 11 is 0. The second-order valence-electron chi connectivity index (χ2n) is 6.36. The largest absolute Gasteiger partial charge is 0.396 e. The summed E-state index contributed by atoms with van der Waals surface area (Å²) in [5, 5.41) is 17.5. The minimum atomic E-state index is -0.0803. The molecule has 2 aliphatic heterocycles. The molecule has 0 atom stereocenters. The van der Waals surface area contributed by atoms with Crippen LogP contribution in [0.25, 0.3) is 0 Å². The predicted molar refractivity (Wildman–Crippen MR) is 90.7 cm³/mol. The van der Waals surface area contributed by atoms with Crippen LogP contribution in [-0.2, 0) is 9.59 Å². The van der Waals surface area contributed by atoms with E-state index in [1.807, 2.05) is 0 Å². The zero-order valence-electron chi connectivity index (χ0n) is 14.2. The molecule has 0 fully saturated rings. The van der Waals surface area contributed by atoms with Crippen LogP contribution in [0.4, 0.5) is 0 Å². The minimum Gasteiger partial charge on any atom is -0.396 e. The van der Waals surface area contributed by atoms with Crippen LogP contribution in [0.2, 0.25) is 0 Å². The number of carbonyl (C=O) groups is 2. The third kappa shape index (κ3) is 4.68. The molecule has 2 aliphatic rings. The Hall–Kier alpha value is -1.66. The van der Waals surface area contributed by atoms with E-state index < -0.39 is 0 Å². The number of carbonyl (C=O) groups excluding carboxylic acids is 2. The zero-order valence-corrected chi connectivity index (χ0v) is 14.2. The average Bonchev–Trinajstić information content (AvgIpc) is 3.05. The number of rotatable bonds is 12. The summed E-state index contributed by atoms with van der Waals surface area (Å²) in [6.45, 7) is 1.67. The lowest BCUT2D eigenvalue weighted by Gasteiger charge is -2.16. The normalized spacial score (nSPS) is 16.8. The van der Waals surface area contributed by atoms with Crippen LogP contribution >= 0.6 is 0 Å². The van der Waals surface area contributed by atoms with Crippen molar-refractivity contribution in [2.45, 2.75) is 51.4 Å². The van der Waals surface area contributed by atoms with Gasteiger partial charge in [0.1, 0.15) is 0 Å². The van der Waals surface area contributed by atoms with Crippen molar-refractivity contribution in [2.24, 2.45) is 0 Å². The van der Waals surface area contributed by atoms with Gasteiger partial charge in [-0.05, 0) is 25.7 Å². The average molecular weight is 336 g/mol. The number of aliphatic hydroxyl groups excluding tert-OH is 2. The van der Waals surface area contributed by atoms with Gasteiger partial charge in [0, 0.05) is 38.7 Å². The topological polar surface area (TPSA) is 81.1 Å². The van der Waals surface area contributed by atoms with Crippen molar-refractivity contribution in [1.29, 1.82) is 0 Å². The van der Waals surface area contributed by atoms with Crippen molar-refractivity contribution in [3.05, 3.63) is 23.5 Å². The first-order valence-corrected chi connectivity index (χ1v) is 8.96. The van der Waals surface area contributed by atoms with Gasteiger partial charge >= 0.3 is 0 Å². The second kappa shape index (κ2) is 9.59. The van der Waals surface area contributed by atoms with Crippen LogP contribution in [0, 0.1) is 0 Å². The molecule has 6 nitrogen and oxygen atoms in total. The van der Waals surface area contributed by atoms with Crippen LogP contribution in [0.5, 0.6) is 0 Å². The van der Waals surface area contributed by atoms with Crippen molar-refractivity contribution in [3.8, 4) is 0 Å². The molecule has 0 aromatic rings. The van der Waals surface area contributed by atoms with E-state index in [1.54, 1.807) is 22.2 Å². The molecule has 0 unspecified atom stereocenters. The standard InChI is InChI=1S/C18H28N2O4/c21-11-7-3-1-5-9-19-13-15-16(17(19)23)14-20(18(15)24)10-6-2-4-8-12-22/h13-14,21-22H,1-12H2. The number of fused-ring (bicyclic) bond motifs is 1. The Morgan fingerprint density at radius 1 is 0.625 bits per heavy atom. The molecule has 0 bridgehead atoms. The molecule has 0 aromatic carbocycles. The first-order chi connectivity index (χ1) is 11.7. The highest BCUT2D eigenvalue weighted by atomic mass is 16.3. The third-order valence-corrected chi connectivity index (χ3v) is 4.46. The quantitative estimate of drug-likeness (QED) is 0.530. The maximum atomic E-state index is 12.4. The Balaban J connectivity index is 1.77. The summed E-state index contributed by atoms with van der Waals surface area (Å²) in [6.07, 6.45) is 10.6. The van der Waals surface area contributed by atoms with Gasteiger partial charge < -0.3 is 20.0 Å². The highest BCUT2D eigenvalue weighted by Crippen LogP contribution is 2.30.